The van der Waals surface area contributed by atoms with Crippen LogP contribution in [-0.2, 0) is 4.79 Å². The highest BCUT2D eigenvalue weighted by atomic mass is 16.1. The second-order valence-electron chi connectivity index (χ2n) is 5.27. The summed E-state index contributed by atoms with van der Waals surface area (Å²) in [6.45, 7) is 8.81. The molecule has 2 N–H and O–H groups in total. The summed E-state index contributed by atoms with van der Waals surface area (Å²) in [6.07, 6.45) is 12.6. The van der Waals surface area contributed by atoms with Crippen molar-refractivity contribution in [1.82, 2.24) is 4.90 Å². The van der Waals surface area contributed by atoms with Gasteiger partial charge in [0, 0.05) is 6.04 Å². The van der Waals surface area contributed by atoms with Gasteiger partial charge in [-0.2, -0.15) is 0 Å². The van der Waals surface area contributed by atoms with Crippen LogP contribution in [0, 0.1) is 0 Å². The van der Waals surface area contributed by atoms with Crippen LogP contribution in [-0.4, -0.2) is 36.4 Å². The molecule has 118 valence electrons. The Morgan fingerprint density at radius 3 is 2.50 bits per heavy atom. The van der Waals surface area contributed by atoms with Crippen LogP contribution in [0.1, 0.15) is 65.7 Å². The molecule has 1 saturated heterocycles. The first kappa shape index (κ1) is 19.3. The van der Waals surface area contributed by atoms with Gasteiger partial charge in [-0.25, -0.2) is 0 Å². The third-order valence-corrected chi connectivity index (χ3v) is 3.62. The maximum absolute atomic E-state index is 11.0. The molecule has 3 heteroatoms. The van der Waals surface area contributed by atoms with Crippen molar-refractivity contribution in [3.8, 4) is 0 Å². The highest BCUT2D eigenvalue weighted by molar-refractivity contribution is 5.87. The molecule has 1 atom stereocenters. The molecule has 0 aromatic rings. The van der Waals surface area contributed by atoms with E-state index in [9.17, 15) is 4.79 Å². The van der Waals surface area contributed by atoms with E-state index in [1.54, 1.807) is 13.0 Å². The molecule has 0 bridgehead atoms. The SMILES string of the molecule is CC.CC(=O)/C=C/C1CCCN1CCCCCCCN. The molecule has 0 aromatic carbocycles. The number of unbranched alkanes of at least 4 members (excludes halogenated alkanes) is 4. The zero-order valence-electron chi connectivity index (χ0n) is 13.7. The average Bonchev–Trinajstić information content (AvgIpc) is 2.90. The second kappa shape index (κ2) is 13.3. The summed E-state index contributed by atoms with van der Waals surface area (Å²) in [7, 11) is 0. The van der Waals surface area contributed by atoms with Gasteiger partial charge in [0.1, 0.15) is 0 Å². The van der Waals surface area contributed by atoms with E-state index in [1.807, 2.05) is 13.8 Å². The van der Waals surface area contributed by atoms with Crippen molar-refractivity contribution in [2.45, 2.75) is 71.8 Å². The average molecular weight is 282 g/mol. The van der Waals surface area contributed by atoms with Crippen LogP contribution in [0.4, 0.5) is 0 Å². The summed E-state index contributed by atoms with van der Waals surface area (Å²) in [6, 6.07) is 0.498. The van der Waals surface area contributed by atoms with E-state index < -0.39 is 0 Å². The molecule has 0 aliphatic carbocycles. The van der Waals surface area contributed by atoms with Crippen molar-refractivity contribution in [2.75, 3.05) is 19.6 Å². The van der Waals surface area contributed by atoms with Crippen LogP contribution in [0.3, 0.4) is 0 Å². The van der Waals surface area contributed by atoms with Gasteiger partial charge in [-0.15, -0.1) is 0 Å². The summed E-state index contributed by atoms with van der Waals surface area (Å²) >= 11 is 0. The number of carbonyl (C=O) groups is 1. The highest BCUT2D eigenvalue weighted by Gasteiger charge is 2.21. The monoisotopic (exact) mass is 282 g/mol. The third kappa shape index (κ3) is 9.27. The molecule has 0 aromatic heterocycles. The molecule has 0 saturated carbocycles. The van der Waals surface area contributed by atoms with Crippen molar-refractivity contribution >= 4 is 5.78 Å². The number of nitrogens with zero attached hydrogens (tertiary/aromatic N) is 1. The van der Waals surface area contributed by atoms with E-state index in [4.69, 9.17) is 5.73 Å². The Bertz CT molecular complexity index is 264. The van der Waals surface area contributed by atoms with Gasteiger partial charge in [-0.3, -0.25) is 9.69 Å². The number of allylic oxidation sites excluding steroid dienone is 1. The molecule has 20 heavy (non-hydrogen) atoms. The van der Waals surface area contributed by atoms with Crippen LogP contribution in [0.15, 0.2) is 12.2 Å². The lowest BCUT2D eigenvalue weighted by atomic mass is 10.1. The van der Waals surface area contributed by atoms with Crippen molar-refractivity contribution < 1.29 is 4.79 Å². The van der Waals surface area contributed by atoms with Gasteiger partial charge in [-0.1, -0.05) is 39.2 Å². The minimum atomic E-state index is 0.156. The van der Waals surface area contributed by atoms with E-state index in [2.05, 4.69) is 11.0 Å². The molecule has 1 heterocycles. The number of carbonyl (C=O) groups excluding carboxylic acids is 1. The van der Waals surface area contributed by atoms with Gasteiger partial charge in [0.2, 0.25) is 0 Å². The van der Waals surface area contributed by atoms with E-state index in [0.29, 0.717) is 6.04 Å². The topological polar surface area (TPSA) is 46.3 Å². The van der Waals surface area contributed by atoms with Crippen molar-refractivity contribution in [2.24, 2.45) is 5.73 Å². The molecular weight excluding hydrogens is 248 g/mol. The molecule has 3 nitrogen and oxygen atoms in total. The normalized spacial score (nSPS) is 19.1. The molecule has 0 amide bonds. The minimum absolute atomic E-state index is 0.156. The number of nitrogens with two attached hydrogens (primary N) is 1. The first-order valence-electron chi connectivity index (χ1n) is 8.37. The Labute approximate surface area is 125 Å². The van der Waals surface area contributed by atoms with Gasteiger partial charge < -0.3 is 5.73 Å². The van der Waals surface area contributed by atoms with Crippen molar-refractivity contribution in [3.05, 3.63) is 12.2 Å². The predicted molar refractivity (Wildman–Crippen MR) is 87.9 cm³/mol. The van der Waals surface area contributed by atoms with Gasteiger partial charge in [0.05, 0.1) is 0 Å². The predicted octanol–water partition coefficient (Wildman–Crippen LogP) is 3.53. The van der Waals surface area contributed by atoms with Gasteiger partial charge >= 0.3 is 0 Å². The smallest absolute Gasteiger partial charge is 0.152 e. The molecule has 1 rings (SSSR count). The van der Waals surface area contributed by atoms with E-state index >= 15 is 0 Å². The summed E-state index contributed by atoms with van der Waals surface area (Å²) in [4.78, 5) is 13.5. The minimum Gasteiger partial charge on any atom is -0.330 e. The summed E-state index contributed by atoms with van der Waals surface area (Å²) in [5.74, 6) is 0.156. The Hall–Kier alpha value is -0.670. The van der Waals surface area contributed by atoms with Crippen LogP contribution in [0.5, 0.6) is 0 Å². The molecule has 0 radical (unpaired) electrons. The zero-order chi connectivity index (χ0) is 15.2. The Kier molecular flexibility index (Phi) is 12.9. The Morgan fingerprint density at radius 1 is 1.20 bits per heavy atom. The number of likely N-dealkylation sites (tertiary alicyclic amines) is 1. The summed E-state index contributed by atoms with van der Waals surface area (Å²) in [5, 5.41) is 0. The maximum Gasteiger partial charge on any atom is 0.152 e. The number of rotatable bonds is 9. The van der Waals surface area contributed by atoms with E-state index in [-0.39, 0.29) is 5.78 Å². The maximum atomic E-state index is 11.0. The van der Waals surface area contributed by atoms with Crippen LogP contribution in [0.2, 0.25) is 0 Å². The summed E-state index contributed by atoms with van der Waals surface area (Å²) < 4.78 is 0. The largest absolute Gasteiger partial charge is 0.330 e. The highest BCUT2D eigenvalue weighted by Crippen LogP contribution is 2.19. The molecular formula is C17H34N2O. The Morgan fingerprint density at radius 2 is 1.85 bits per heavy atom. The van der Waals surface area contributed by atoms with Gasteiger partial charge in [0.15, 0.2) is 5.78 Å². The molecule has 1 unspecified atom stereocenters. The molecule has 1 fully saturated rings. The summed E-state index contributed by atoms with van der Waals surface area (Å²) in [5.41, 5.74) is 5.48. The Balaban J connectivity index is 0.00000172. The van der Waals surface area contributed by atoms with Crippen LogP contribution in [0.25, 0.3) is 0 Å². The number of hydrogen-bond donors (Lipinski definition) is 1. The fourth-order valence-corrected chi connectivity index (χ4v) is 2.58. The number of ketones is 1. The molecule has 1 aliphatic rings. The quantitative estimate of drug-likeness (QED) is 0.520. The van der Waals surface area contributed by atoms with E-state index in [0.717, 1.165) is 13.0 Å². The van der Waals surface area contributed by atoms with Gasteiger partial charge in [0.25, 0.3) is 0 Å². The third-order valence-electron chi connectivity index (χ3n) is 3.62. The lowest BCUT2D eigenvalue weighted by molar-refractivity contribution is -0.112. The first-order chi connectivity index (χ1) is 9.74. The molecule has 0 spiro atoms. The van der Waals surface area contributed by atoms with Crippen molar-refractivity contribution in [3.63, 3.8) is 0 Å². The second-order valence-corrected chi connectivity index (χ2v) is 5.27. The lowest BCUT2D eigenvalue weighted by Crippen LogP contribution is -2.28. The van der Waals surface area contributed by atoms with Crippen LogP contribution < -0.4 is 5.73 Å². The fraction of sp³-hybridized carbons (Fsp3) is 0.824. The van der Waals surface area contributed by atoms with Crippen molar-refractivity contribution in [1.29, 1.82) is 0 Å². The fourth-order valence-electron chi connectivity index (χ4n) is 2.58. The van der Waals surface area contributed by atoms with Crippen LogP contribution >= 0.6 is 0 Å². The molecule has 1 aliphatic heterocycles. The standard InChI is InChI=1S/C15H28N2O.C2H6/c1-14(18)9-10-15-8-7-13-17(15)12-6-4-2-3-5-11-16;1-2/h9-10,15H,2-8,11-13,16H2,1H3;1-2H3/b10-9+;. The lowest BCUT2D eigenvalue weighted by Gasteiger charge is -2.21. The first-order valence-corrected chi connectivity index (χ1v) is 8.37. The van der Waals surface area contributed by atoms with E-state index in [1.165, 1.54) is 51.6 Å². The number of hydrogen-bond acceptors (Lipinski definition) is 3. The zero-order valence-corrected chi connectivity index (χ0v) is 13.7. The van der Waals surface area contributed by atoms with Gasteiger partial charge in [-0.05, 0) is 58.3 Å².